The standard InChI is InChI=1S/C30H54O2Si2/c1-21(2)33(22(3)4,23(5)6)31-29-17-13-15-27(29)19-20-28-16-14-18-30(28)32-34(24(7)8,25(9)10)26(11)12/h15-18,21-26H,13-14,19-20H2,1-12H3. The lowest BCUT2D eigenvalue weighted by molar-refractivity contribution is 0.373. The first-order valence-corrected chi connectivity index (χ1v) is 18.3. The van der Waals surface area contributed by atoms with Crippen LogP contribution in [0.4, 0.5) is 0 Å². The van der Waals surface area contributed by atoms with Crippen LogP contribution in [0.2, 0.25) is 33.2 Å². The van der Waals surface area contributed by atoms with Crippen LogP contribution >= 0.6 is 0 Å². The summed E-state index contributed by atoms with van der Waals surface area (Å²) in [6, 6.07) is 0. The second-order valence-corrected chi connectivity index (χ2v) is 23.2. The third-order valence-corrected chi connectivity index (χ3v) is 20.6. The van der Waals surface area contributed by atoms with Gasteiger partial charge in [0.1, 0.15) is 11.5 Å². The van der Waals surface area contributed by atoms with Crippen LogP contribution in [0.15, 0.2) is 47.0 Å². The van der Waals surface area contributed by atoms with Gasteiger partial charge in [0.2, 0.25) is 0 Å². The summed E-state index contributed by atoms with van der Waals surface area (Å²) in [6.45, 7) is 28.5. The number of allylic oxidation sites excluding steroid dienone is 6. The van der Waals surface area contributed by atoms with Crippen molar-refractivity contribution in [3.63, 3.8) is 0 Å². The predicted molar refractivity (Wildman–Crippen MR) is 155 cm³/mol. The van der Waals surface area contributed by atoms with E-state index in [4.69, 9.17) is 8.85 Å². The summed E-state index contributed by atoms with van der Waals surface area (Å²) in [5.74, 6) is 2.37. The zero-order valence-electron chi connectivity index (χ0n) is 24.4. The highest BCUT2D eigenvalue weighted by Crippen LogP contribution is 2.47. The summed E-state index contributed by atoms with van der Waals surface area (Å²) in [5.41, 5.74) is 6.38. The molecule has 0 amide bonds. The maximum absolute atomic E-state index is 7.09. The third-order valence-electron chi connectivity index (χ3n) is 8.62. The van der Waals surface area contributed by atoms with Crippen molar-refractivity contribution in [3.8, 4) is 0 Å². The summed E-state index contributed by atoms with van der Waals surface area (Å²) < 4.78 is 14.2. The Bertz CT molecular complexity index is 698. The first-order valence-electron chi connectivity index (χ1n) is 14.0. The molecule has 0 spiro atoms. The van der Waals surface area contributed by atoms with E-state index < -0.39 is 16.6 Å². The maximum atomic E-state index is 7.09. The number of rotatable bonds is 13. The monoisotopic (exact) mass is 502 g/mol. The number of hydrogen-bond acceptors (Lipinski definition) is 2. The van der Waals surface area contributed by atoms with Crippen LogP contribution in [0, 0.1) is 0 Å². The van der Waals surface area contributed by atoms with E-state index in [0.717, 1.165) is 25.7 Å². The van der Waals surface area contributed by atoms with Gasteiger partial charge < -0.3 is 8.85 Å². The highest BCUT2D eigenvalue weighted by molar-refractivity contribution is 6.78. The normalized spacial score (nSPS) is 17.4. The molecule has 2 aliphatic rings. The van der Waals surface area contributed by atoms with Crippen molar-refractivity contribution in [2.24, 2.45) is 0 Å². The molecule has 0 radical (unpaired) electrons. The Labute approximate surface area is 214 Å². The molecule has 2 aliphatic carbocycles. The minimum absolute atomic E-state index is 0.594. The van der Waals surface area contributed by atoms with Crippen molar-refractivity contribution in [2.75, 3.05) is 0 Å². The van der Waals surface area contributed by atoms with Gasteiger partial charge in [0.15, 0.2) is 0 Å². The lowest BCUT2D eigenvalue weighted by Gasteiger charge is -2.43. The van der Waals surface area contributed by atoms with Crippen LogP contribution in [0.1, 0.15) is 109 Å². The van der Waals surface area contributed by atoms with Gasteiger partial charge in [-0.1, -0.05) is 95.2 Å². The van der Waals surface area contributed by atoms with Gasteiger partial charge in [-0.05, 0) is 82.2 Å². The largest absolute Gasteiger partial charge is 0.543 e. The molecule has 0 N–H and O–H groups in total. The summed E-state index contributed by atoms with van der Waals surface area (Å²) in [4.78, 5) is 0. The molecule has 0 unspecified atom stereocenters. The van der Waals surface area contributed by atoms with Gasteiger partial charge in [0, 0.05) is 0 Å². The fourth-order valence-corrected chi connectivity index (χ4v) is 17.7. The average molecular weight is 503 g/mol. The Morgan fingerprint density at radius 2 is 0.765 bits per heavy atom. The van der Waals surface area contributed by atoms with E-state index in [-0.39, 0.29) is 0 Å². The van der Waals surface area contributed by atoms with E-state index in [9.17, 15) is 0 Å². The van der Waals surface area contributed by atoms with E-state index in [1.165, 1.54) is 22.7 Å². The van der Waals surface area contributed by atoms with Crippen LogP contribution < -0.4 is 0 Å². The molecule has 0 aromatic heterocycles. The van der Waals surface area contributed by atoms with Crippen molar-refractivity contribution in [2.45, 2.75) is 142 Å². The van der Waals surface area contributed by atoms with E-state index in [1.54, 1.807) is 0 Å². The van der Waals surface area contributed by atoms with Crippen LogP contribution in [0.25, 0.3) is 0 Å². The summed E-state index contributed by atoms with van der Waals surface area (Å²) in [7, 11) is -3.86. The SMILES string of the molecule is CC(C)[Si](OC1=CCC=C1CCC1=CCC=C1O[Si](C(C)C)(C(C)C)C(C)C)(C(C)C)C(C)C. The fourth-order valence-electron chi connectivity index (χ4n) is 7.10. The highest BCUT2D eigenvalue weighted by atomic mass is 28.4. The Morgan fingerprint density at radius 1 is 0.500 bits per heavy atom. The zero-order valence-corrected chi connectivity index (χ0v) is 26.4. The fraction of sp³-hybridized carbons (Fsp3) is 0.733. The molecule has 0 aromatic carbocycles. The molecule has 194 valence electrons. The molecule has 2 rings (SSSR count). The Balaban J connectivity index is 2.15. The van der Waals surface area contributed by atoms with Crippen LogP contribution in [-0.4, -0.2) is 16.6 Å². The first kappa shape index (κ1) is 29.2. The van der Waals surface area contributed by atoms with Gasteiger partial charge in [-0.25, -0.2) is 0 Å². The molecule has 0 fully saturated rings. The molecule has 2 nitrogen and oxygen atoms in total. The second-order valence-electron chi connectivity index (χ2n) is 12.4. The topological polar surface area (TPSA) is 18.5 Å². The molecule has 34 heavy (non-hydrogen) atoms. The maximum Gasteiger partial charge on any atom is 0.258 e. The molecular weight excluding hydrogens is 449 g/mol. The van der Waals surface area contributed by atoms with Crippen LogP contribution in [0.3, 0.4) is 0 Å². The molecule has 0 saturated heterocycles. The average Bonchev–Trinajstić information content (AvgIpc) is 3.35. The van der Waals surface area contributed by atoms with Crippen molar-refractivity contribution in [1.82, 2.24) is 0 Å². The molecule has 0 aromatic rings. The van der Waals surface area contributed by atoms with Gasteiger partial charge in [-0.3, -0.25) is 0 Å². The Morgan fingerprint density at radius 3 is 1.00 bits per heavy atom. The molecule has 0 saturated carbocycles. The molecule has 4 heteroatoms. The second kappa shape index (κ2) is 11.8. The van der Waals surface area contributed by atoms with Gasteiger partial charge in [-0.15, -0.1) is 0 Å². The Kier molecular flexibility index (Phi) is 10.2. The smallest absolute Gasteiger partial charge is 0.258 e. The van der Waals surface area contributed by atoms with Crippen LogP contribution in [0.5, 0.6) is 0 Å². The van der Waals surface area contributed by atoms with E-state index in [0.29, 0.717) is 33.2 Å². The molecular formula is C30H54O2Si2. The summed E-state index contributed by atoms with van der Waals surface area (Å²) >= 11 is 0. The van der Waals surface area contributed by atoms with E-state index in [1.807, 2.05) is 0 Å². The summed E-state index contributed by atoms with van der Waals surface area (Å²) in [5, 5.41) is 0. The van der Waals surface area contributed by atoms with Gasteiger partial charge >= 0.3 is 0 Å². The zero-order chi connectivity index (χ0) is 25.8. The number of hydrogen-bond donors (Lipinski definition) is 0. The van der Waals surface area contributed by atoms with Gasteiger partial charge in [0.05, 0.1) is 0 Å². The summed E-state index contributed by atoms with van der Waals surface area (Å²) in [6.07, 6.45) is 13.5. The van der Waals surface area contributed by atoms with E-state index in [2.05, 4.69) is 107 Å². The lowest BCUT2D eigenvalue weighted by atomic mass is 10.0. The van der Waals surface area contributed by atoms with Gasteiger partial charge in [0.25, 0.3) is 16.6 Å². The Hall–Kier alpha value is -1.01. The lowest BCUT2D eigenvalue weighted by Crippen LogP contribution is -2.47. The highest BCUT2D eigenvalue weighted by Gasteiger charge is 2.49. The first-order chi connectivity index (χ1) is 15.8. The van der Waals surface area contributed by atoms with E-state index >= 15 is 0 Å². The minimum Gasteiger partial charge on any atom is -0.543 e. The molecule has 0 bridgehead atoms. The molecule has 0 aliphatic heterocycles. The van der Waals surface area contributed by atoms with Crippen molar-refractivity contribution >= 4 is 16.6 Å². The predicted octanol–water partition coefficient (Wildman–Crippen LogP) is 10.6. The minimum atomic E-state index is -1.93. The van der Waals surface area contributed by atoms with Crippen LogP contribution in [-0.2, 0) is 8.85 Å². The van der Waals surface area contributed by atoms with Crippen molar-refractivity contribution in [3.05, 3.63) is 47.0 Å². The van der Waals surface area contributed by atoms with Crippen molar-refractivity contribution in [1.29, 1.82) is 0 Å². The molecule has 0 atom stereocenters. The third kappa shape index (κ3) is 5.69. The quantitative estimate of drug-likeness (QED) is 0.233. The van der Waals surface area contributed by atoms with Crippen molar-refractivity contribution < 1.29 is 8.85 Å². The molecule has 0 heterocycles. The van der Waals surface area contributed by atoms with Gasteiger partial charge in [-0.2, -0.15) is 0 Å².